The zero-order valence-corrected chi connectivity index (χ0v) is 18.0. The van der Waals surface area contributed by atoms with Gasteiger partial charge in [0.25, 0.3) is 5.91 Å². The number of aromatic hydroxyl groups is 1. The molecule has 1 spiro atoms. The number of alkyl halides is 3. The number of nitrogens with one attached hydrogen (secondary N) is 1. The van der Waals surface area contributed by atoms with E-state index in [2.05, 4.69) is 10.5 Å². The number of rotatable bonds is 5. The molecule has 0 atom stereocenters. The van der Waals surface area contributed by atoms with Gasteiger partial charge in [0, 0.05) is 44.6 Å². The van der Waals surface area contributed by atoms with Crippen LogP contribution in [0.15, 0.2) is 47.6 Å². The molecule has 0 unspecified atom stereocenters. The van der Waals surface area contributed by atoms with Crippen molar-refractivity contribution >= 4 is 17.3 Å². The van der Waals surface area contributed by atoms with Gasteiger partial charge in [-0.25, -0.2) is 0 Å². The van der Waals surface area contributed by atoms with Crippen molar-refractivity contribution in [3.8, 4) is 11.5 Å². The highest BCUT2D eigenvalue weighted by Gasteiger charge is 2.43. The molecule has 2 aliphatic heterocycles. The van der Waals surface area contributed by atoms with E-state index in [1.54, 1.807) is 12.1 Å². The molecule has 1 saturated heterocycles. The van der Waals surface area contributed by atoms with Gasteiger partial charge >= 0.3 is 6.18 Å². The number of carbonyl (C=O) groups is 1. The number of phenolic OH excluding ortho intramolecular Hbond substituents is 1. The lowest BCUT2D eigenvalue weighted by atomic mass is 9.86. The zero-order valence-electron chi connectivity index (χ0n) is 18.0. The van der Waals surface area contributed by atoms with E-state index in [9.17, 15) is 23.1 Å². The van der Waals surface area contributed by atoms with Crippen LogP contribution in [0.25, 0.3) is 0 Å². The van der Waals surface area contributed by atoms with Crippen LogP contribution in [0.1, 0.15) is 30.4 Å². The van der Waals surface area contributed by atoms with Crippen LogP contribution >= 0.6 is 0 Å². The topological polar surface area (TPSA) is 83.4 Å². The Morgan fingerprint density at radius 2 is 1.91 bits per heavy atom. The highest BCUT2D eigenvalue weighted by Crippen LogP contribution is 2.37. The van der Waals surface area contributed by atoms with E-state index < -0.39 is 17.3 Å². The van der Waals surface area contributed by atoms with Crippen molar-refractivity contribution in [1.29, 1.82) is 0 Å². The van der Waals surface area contributed by atoms with Gasteiger partial charge in [0.1, 0.15) is 11.3 Å². The van der Waals surface area contributed by atoms with Gasteiger partial charge in [0.05, 0.1) is 12.7 Å². The van der Waals surface area contributed by atoms with Crippen molar-refractivity contribution in [3.05, 3.63) is 53.6 Å². The molecule has 1 amide bonds. The Kier molecular flexibility index (Phi) is 6.09. The van der Waals surface area contributed by atoms with Crippen LogP contribution < -0.4 is 15.0 Å². The van der Waals surface area contributed by atoms with Gasteiger partial charge in [-0.2, -0.15) is 13.2 Å². The molecule has 33 heavy (non-hydrogen) atoms. The molecule has 2 aromatic carbocycles. The van der Waals surface area contributed by atoms with Crippen LogP contribution in [-0.2, 0) is 22.4 Å². The van der Waals surface area contributed by atoms with Gasteiger partial charge in [-0.15, -0.1) is 0 Å². The molecule has 2 aliphatic rings. The number of carbonyl (C=O) groups excluding carboxylic acids is 1. The normalized spacial score (nSPS) is 17.5. The summed E-state index contributed by atoms with van der Waals surface area (Å²) in [5.74, 6) is 0.0110. The lowest BCUT2D eigenvalue weighted by Crippen LogP contribution is -2.45. The number of anilines is 1. The minimum absolute atomic E-state index is 0.0192. The predicted molar refractivity (Wildman–Crippen MR) is 115 cm³/mol. The van der Waals surface area contributed by atoms with Crippen molar-refractivity contribution in [3.63, 3.8) is 0 Å². The quantitative estimate of drug-likeness (QED) is 0.704. The van der Waals surface area contributed by atoms with E-state index in [0.29, 0.717) is 43.8 Å². The second-order valence-electron chi connectivity index (χ2n) is 8.21. The Bertz CT molecular complexity index is 1050. The number of hydrogen-bond acceptors (Lipinski definition) is 6. The fourth-order valence-corrected chi connectivity index (χ4v) is 4.06. The van der Waals surface area contributed by atoms with Crippen molar-refractivity contribution in [2.75, 3.05) is 25.1 Å². The number of halogens is 3. The SMILES string of the molecule is COc1cc(CNC(=O)C2=NOC3(CCN(c4ccc(C(F)(F)F)cc4)CC3)C2)ccc1O. The van der Waals surface area contributed by atoms with Crippen molar-refractivity contribution in [1.82, 2.24) is 5.32 Å². The van der Waals surface area contributed by atoms with Crippen molar-refractivity contribution in [2.24, 2.45) is 5.16 Å². The predicted octanol–water partition coefficient (Wildman–Crippen LogP) is 3.85. The van der Waals surface area contributed by atoms with E-state index in [0.717, 1.165) is 23.4 Å². The standard InChI is InChI=1S/C23H24F3N3O4/c1-32-20-12-15(2-7-19(20)30)14-27-21(31)18-13-22(33-28-18)8-10-29(11-9-22)17-5-3-16(4-6-17)23(24,25)26/h2-7,12,30H,8-11,13-14H2,1H3,(H,27,31). The lowest BCUT2D eigenvalue weighted by Gasteiger charge is -2.38. The van der Waals surface area contributed by atoms with Crippen molar-refractivity contribution < 1.29 is 32.6 Å². The highest BCUT2D eigenvalue weighted by molar-refractivity contribution is 6.39. The summed E-state index contributed by atoms with van der Waals surface area (Å²) in [5, 5.41) is 16.5. The largest absolute Gasteiger partial charge is 0.504 e. The summed E-state index contributed by atoms with van der Waals surface area (Å²) in [6.45, 7) is 1.41. The summed E-state index contributed by atoms with van der Waals surface area (Å²) in [6.07, 6.45) is -2.78. The van der Waals surface area contributed by atoms with E-state index in [1.165, 1.54) is 25.3 Å². The molecule has 0 radical (unpaired) electrons. The van der Waals surface area contributed by atoms with Gasteiger partial charge < -0.3 is 24.9 Å². The summed E-state index contributed by atoms with van der Waals surface area (Å²) < 4.78 is 43.4. The maximum Gasteiger partial charge on any atom is 0.416 e. The number of benzene rings is 2. The Labute approximate surface area is 188 Å². The van der Waals surface area contributed by atoms with Crippen LogP contribution in [0.3, 0.4) is 0 Å². The first-order chi connectivity index (χ1) is 15.7. The van der Waals surface area contributed by atoms with Crippen molar-refractivity contribution in [2.45, 2.75) is 37.6 Å². The number of oxime groups is 1. The third-order valence-electron chi connectivity index (χ3n) is 6.03. The smallest absolute Gasteiger partial charge is 0.416 e. The molecule has 0 aliphatic carbocycles. The van der Waals surface area contributed by atoms with Crippen LogP contribution in [0.2, 0.25) is 0 Å². The molecule has 2 N–H and O–H groups in total. The minimum atomic E-state index is -4.36. The molecule has 10 heteroatoms. The highest BCUT2D eigenvalue weighted by atomic mass is 19.4. The second-order valence-corrected chi connectivity index (χ2v) is 8.21. The number of methoxy groups -OCH3 is 1. The number of nitrogens with zero attached hydrogens (tertiary/aromatic N) is 2. The van der Waals surface area contributed by atoms with Gasteiger partial charge in [-0.3, -0.25) is 4.79 Å². The van der Waals surface area contributed by atoms with Gasteiger partial charge in [0.2, 0.25) is 0 Å². The number of ether oxygens (including phenoxy) is 1. The monoisotopic (exact) mass is 463 g/mol. The van der Waals surface area contributed by atoms with E-state index in [-0.39, 0.29) is 18.2 Å². The summed E-state index contributed by atoms with van der Waals surface area (Å²) in [5.41, 5.74) is 0.546. The Balaban J connectivity index is 1.29. The first-order valence-corrected chi connectivity index (χ1v) is 10.5. The minimum Gasteiger partial charge on any atom is -0.504 e. The van der Waals surface area contributed by atoms with Crippen LogP contribution in [0.5, 0.6) is 11.5 Å². The molecular weight excluding hydrogens is 439 g/mol. The van der Waals surface area contributed by atoms with Gasteiger partial charge in [0.15, 0.2) is 11.5 Å². The fourth-order valence-electron chi connectivity index (χ4n) is 4.06. The van der Waals surface area contributed by atoms with E-state index in [4.69, 9.17) is 9.57 Å². The number of amides is 1. The Morgan fingerprint density at radius 3 is 2.55 bits per heavy atom. The number of phenols is 1. The molecule has 0 aromatic heterocycles. The maximum absolute atomic E-state index is 12.8. The van der Waals surface area contributed by atoms with E-state index in [1.807, 2.05) is 4.90 Å². The van der Waals surface area contributed by atoms with Gasteiger partial charge in [-0.05, 0) is 42.0 Å². The third-order valence-corrected chi connectivity index (χ3v) is 6.03. The van der Waals surface area contributed by atoms with Crippen LogP contribution in [-0.4, -0.2) is 42.5 Å². The molecule has 1 fully saturated rings. The Hall–Kier alpha value is -3.43. The molecule has 7 nitrogen and oxygen atoms in total. The summed E-state index contributed by atoms with van der Waals surface area (Å²) in [7, 11) is 1.45. The van der Waals surface area contributed by atoms with Crippen LogP contribution in [0, 0.1) is 0 Å². The summed E-state index contributed by atoms with van der Waals surface area (Å²) in [6, 6.07) is 9.94. The fraction of sp³-hybridized carbons (Fsp3) is 0.391. The van der Waals surface area contributed by atoms with Crippen LogP contribution in [0.4, 0.5) is 18.9 Å². The summed E-state index contributed by atoms with van der Waals surface area (Å²) in [4.78, 5) is 20.2. The van der Waals surface area contributed by atoms with E-state index >= 15 is 0 Å². The average molecular weight is 463 g/mol. The number of hydrogen-bond donors (Lipinski definition) is 2. The molecule has 4 rings (SSSR count). The molecule has 0 saturated carbocycles. The first-order valence-electron chi connectivity index (χ1n) is 10.5. The molecule has 0 bridgehead atoms. The third kappa shape index (κ3) is 4.99. The first kappa shape index (κ1) is 22.8. The lowest BCUT2D eigenvalue weighted by molar-refractivity contribution is -0.137. The zero-order chi connectivity index (χ0) is 23.6. The average Bonchev–Trinajstić information content (AvgIpc) is 3.22. The number of piperidine rings is 1. The molecule has 2 heterocycles. The second kappa shape index (κ2) is 8.84. The Morgan fingerprint density at radius 1 is 1.21 bits per heavy atom. The molecule has 2 aromatic rings. The maximum atomic E-state index is 12.8. The molecular formula is C23H24F3N3O4. The molecule has 176 valence electrons. The van der Waals surface area contributed by atoms with Gasteiger partial charge in [-0.1, -0.05) is 11.2 Å². The summed E-state index contributed by atoms with van der Waals surface area (Å²) >= 11 is 0.